The number of benzene rings is 2. The molecule has 0 fully saturated rings. The van der Waals surface area contributed by atoms with E-state index in [4.69, 9.17) is 16.3 Å². The first-order valence-electron chi connectivity index (χ1n) is 8.16. The van der Waals surface area contributed by atoms with Crippen molar-refractivity contribution < 1.29 is 9.84 Å². The quantitative estimate of drug-likeness (QED) is 0.662. The summed E-state index contributed by atoms with van der Waals surface area (Å²) in [5, 5.41) is 25.9. The summed E-state index contributed by atoms with van der Waals surface area (Å²) in [6, 6.07) is 13.3. The zero-order chi connectivity index (χ0) is 18.5. The van der Waals surface area contributed by atoms with Crippen molar-refractivity contribution in [1.29, 1.82) is 0 Å². The van der Waals surface area contributed by atoms with E-state index in [2.05, 4.69) is 20.8 Å². The van der Waals surface area contributed by atoms with Crippen molar-refractivity contribution >= 4 is 17.3 Å². The van der Waals surface area contributed by atoms with Crippen molar-refractivity contribution in [2.24, 2.45) is 0 Å². The zero-order valence-electron chi connectivity index (χ0n) is 14.6. The van der Waals surface area contributed by atoms with Crippen LogP contribution in [0.15, 0.2) is 42.5 Å². The van der Waals surface area contributed by atoms with Crippen molar-refractivity contribution in [1.82, 2.24) is 20.2 Å². The van der Waals surface area contributed by atoms with Gasteiger partial charge in [0.2, 0.25) is 0 Å². The summed E-state index contributed by atoms with van der Waals surface area (Å²) < 4.78 is 6.92. The SMILES string of the molecule is COc1cc(Cl)c(C)cc1NC[C@@H](O)Cn1nnnc1-c1ccccc1. The average Bonchev–Trinajstić information content (AvgIpc) is 3.11. The van der Waals surface area contributed by atoms with Gasteiger partial charge < -0.3 is 15.2 Å². The molecule has 0 spiro atoms. The first-order valence-corrected chi connectivity index (χ1v) is 8.54. The fraction of sp³-hybridized carbons (Fsp3) is 0.278. The molecule has 0 bridgehead atoms. The molecule has 26 heavy (non-hydrogen) atoms. The molecule has 0 aliphatic rings. The number of tetrazole rings is 1. The first-order chi connectivity index (χ1) is 12.6. The largest absolute Gasteiger partial charge is 0.495 e. The highest BCUT2D eigenvalue weighted by Gasteiger charge is 2.14. The number of rotatable bonds is 7. The molecule has 2 aromatic carbocycles. The molecule has 1 atom stereocenters. The average molecular weight is 374 g/mol. The third kappa shape index (κ3) is 4.12. The highest BCUT2D eigenvalue weighted by molar-refractivity contribution is 6.31. The highest BCUT2D eigenvalue weighted by atomic mass is 35.5. The van der Waals surface area contributed by atoms with Crippen LogP contribution in [-0.4, -0.2) is 45.1 Å². The lowest BCUT2D eigenvalue weighted by atomic mass is 10.2. The first kappa shape index (κ1) is 18.2. The summed E-state index contributed by atoms with van der Waals surface area (Å²) in [6.07, 6.45) is -0.693. The van der Waals surface area contributed by atoms with Gasteiger partial charge in [0.1, 0.15) is 5.75 Å². The Kier molecular flexibility index (Phi) is 5.70. The third-order valence-electron chi connectivity index (χ3n) is 3.96. The number of nitrogens with zero attached hydrogens (tertiary/aromatic N) is 4. The van der Waals surface area contributed by atoms with Gasteiger partial charge in [-0.2, -0.15) is 0 Å². The van der Waals surface area contributed by atoms with Gasteiger partial charge >= 0.3 is 0 Å². The number of hydrogen-bond donors (Lipinski definition) is 2. The maximum Gasteiger partial charge on any atom is 0.182 e. The number of halogens is 1. The van der Waals surface area contributed by atoms with Gasteiger partial charge in [-0.1, -0.05) is 41.9 Å². The minimum absolute atomic E-state index is 0.263. The molecule has 3 aromatic rings. The third-order valence-corrected chi connectivity index (χ3v) is 4.36. The molecule has 136 valence electrons. The lowest BCUT2D eigenvalue weighted by Crippen LogP contribution is -2.26. The normalized spacial score (nSPS) is 12.0. The number of aromatic nitrogens is 4. The zero-order valence-corrected chi connectivity index (χ0v) is 15.3. The standard InChI is InChI=1S/C18H20ClN5O2/c1-12-8-16(17(26-2)9-15(12)19)20-10-14(25)11-24-18(21-22-23-24)13-6-4-3-5-7-13/h3-9,14,20,25H,10-11H2,1-2H3/t14-/m1/s1. The number of ether oxygens (including phenoxy) is 1. The Morgan fingerprint density at radius 2 is 2.04 bits per heavy atom. The molecule has 3 rings (SSSR count). The number of aliphatic hydroxyl groups is 1. The maximum atomic E-state index is 10.4. The van der Waals surface area contributed by atoms with E-state index in [1.807, 2.05) is 43.3 Å². The van der Waals surface area contributed by atoms with Gasteiger partial charge in [-0.25, -0.2) is 4.68 Å². The smallest absolute Gasteiger partial charge is 0.182 e. The Hall–Kier alpha value is -2.64. The van der Waals surface area contributed by atoms with E-state index < -0.39 is 6.10 Å². The molecule has 0 saturated carbocycles. The minimum atomic E-state index is -0.693. The number of nitrogens with one attached hydrogen (secondary N) is 1. The van der Waals surface area contributed by atoms with Crippen LogP contribution in [0.3, 0.4) is 0 Å². The molecule has 1 aromatic heterocycles. The molecule has 0 unspecified atom stereocenters. The fourth-order valence-electron chi connectivity index (χ4n) is 2.58. The van der Waals surface area contributed by atoms with Gasteiger partial charge in [0, 0.05) is 23.2 Å². The van der Waals surface area contributed by atoms with Gasteiger partial charge in [-0.05, 0) is 29.0 Å². The van der Waals surface area contributed by atoms with E-state index >= 15 is 0 Å². The molecule has 7 nitrogen and oxygen atoms in total. The molecule has 0 aliphatic carbocycles. The Balaban J connectivity index is 1.67. The van der Waals surface area contributed by atoms with Crippen LogP contribution in [0.4, 0.5) is 5.69 Å². The number of aryl methyl sites for hydroxylation is 1. The molecule has 0 amide bonds. The Labute approximate surface area is 156 Å². The van der Waals surface area contributed by atoms with Crippen LogP contribution < -0.4 is 10.1 Å². The van der Waals surface area contributed by atoms with Crippen LogP contribution in [0.5, 0.6) is 5.75 Å². The van der Waals surface area contributed by atoms with Gasteiger partial charge in [0.15, 0.2) is 5.82 Å². The summed E-state index contributed by atoms with van der Waals surface area (Å²) in [5.74, 6) is 1.24. The summed E-state index contributed by atoms with van der Waals surface area (Å²) in [7, 11) is 1.58. The van der Waals surface area contributed by atoms with Crippen molar-refractivity contribution in [3.63, 3.8) is 0 Å². The maximum absolute atomic E-state index is 10.4. The summed E-state index contributed by atoms with van der Waals surface area (Å²) >= 11 is 6.12. The molecule has 0 radical (unpaired) electrons. The van der Waals surface area contributed by atoms with Gasteiger partial charge in [-0.3, -0.25) is 0 Å². The van der Waals surface area contributed by atoms with Crippen molar-refractivity contribution in [2.75, 3.05) is 19.0 Å². The van der Waals surface area contributed by atoms with E-state index in [9.17, 15) is 5.11 Å². The van der Waals surface area contributed by atoms with E-state index in [1.54, 1.807) is 17.9 Å². The van der Waals surface area contributed by atoms with Crippen molar-refractivity contribution in [3.05, 3.63) is 53.1 Å². The predicted molar refractivity (Wildman–Crippen MR) is 100 cm³/mol. The molecule has 8 heteroatoms. The van der Waals surface area contributed by atoms with Crippen LogP contribution in [-0.2, 0) is 6.54 Å². The summed E-state index contributed by atoms with van der Waals surface area (Å²) in [4.78, 5) is 0. The number of hydrogen-bond acceptors (Lipinski definition) is 6. The van der Waals surface area contributed by atoms with E-state index in [0.29, 0.717) is 23.1 Å². The molecular weight excluding hydrogens is 354 g/mol. The van der Waals surface area contributed by atoms with Crippen LogP contribution in [0.2, 0.25) is 5.02 Å². The summed E-state index contributed by atoms with van der Waals surface area (Å²) in [5.41, 5.74) is 2.59. The summed E-state index contributed by atoms with van der Waals surface area (Å²) in [6.45, 7) is 2.49. The molecule has 2 N–H and O–H groups in total. The van der Waals surface area contributed by atoms with E-state index in [-0.39, 0.29) is 6.54 Å². The lowest BCUT2D eigenvalue weighted by Gasteiger charge is -2.16. The second-order valence-electron chi connectivity index (χ2n) is 5.89. The Bertz CT molecular complexity index is 869. The van der Waals surface area contributed by atoms with E-state index in [1.165, 1.54) is 0 Å². The van der Waals surface area contributed by atoms with Crippen LogP contribution in [0, 0.1) is 6.92 Å². The van der Waals surface area contributed by atoms with E-state index in [0.717, 1.165) is 16.8 Å². The second kappa shape index (κ2) is 8.16. The Morgan fingerprint density at radius 3 is 2.77 bits per heavy atom. The minimum Gasteiger partial charge on any atom is -0.495 e. The topological polar surface area (TPSA) is 85.1 Å². The van der Waals surface area contributed by atoms with Crippen LogP contribution in [0.1, 0.15) is 5.56 Å². The van der Waals surface area contributed by atoms with Gasteiger partial charge in [-0.15, -0.1) is 5.10 Å². The predicted octanol–water partition coefficient (Wildman–Crippen LogP) is 2.78. The molecule has 1 heterocycles. The van der Waals surface area contributed by atoms with Crippen molar-refractivity contribution in [3.8, 4) is 17.1 Å². The Morgan fingerprint density at radius 1 is 1.27 bits per heavy atom. The monoisotopic (exact) mass is 373 g/mol. The number of aliphatic hydroxyl groups excluding tert-OH is 1. The van der Waals surface area contributed by atoms with Gasteiger partial charge in [0.25, 0.3) is 0 Å². The number of methoxy groups -OCH3 is 1. The molecular formula is C18H20ClN5O2. The fourth-order valence-corrected chi connectivity index (χ4v) is 2.74. The highest BCUT2D eigenvalue weighted by Crippen LogP contribution is 2.30. The second-order valence-corrected chi connectivity index (χ2v) is 6.29. The van der Waals surface area contributed by atoms with Gasteiger partial charge in [0.05, 0.1) is 25.4 Å². The molecule has 0 saturated heterocycles. The van der Waals surface area contributed by atoms with Crippen molar-refractivity contribution in [2.45, 2.75) is 19.6 Å². The van der Waals surface area contributed by atoms with Crippen LogP contribution in [0.25, 0.3) is 11.4 Å². The lowest BCUT2D eigenvalue weighted by molar-refractivity contribution is 0.161. The molecule has 0 aliphatic heterocycles. The number of anilines is 1. The van der Waals surface area contributed by atoms with Crippen LogP contribution >= 0.6 is 11.6 Å².